The first kappa shape index (κ1) is 16.7. The highest BCUT2D eigenvalue weighted by atomic mass is 16.3. The first-order valence-corrected chi connectivity index (χ1v) is 7.86. The number of aliphatic hydroxyl groups excluding tert-OH is 1. The van der Waals surface area contributed by atoms with E-state index >= 15 is 0 Å². The predicted molar refractivity (Wildman–Crippen MR) is 94.9 cm³/mol. The molecular formula is C18H19N5O2. The van der Waals surface area contributed by atoms with E-state index in [1.165, 1.54) is 0 Å². The second-order valence-electron chi connectivity index (χ2n) is 5.58. The average molecular weight is 337 g/mol. The van der Waals surface area contributed by atoms with E-state index in [-0.39, 0.29) is 12.6 Å². The summed E-state index contributed by atoms with van der Waals surface area (Å²) < 4.78 is 1.62. The van der Waals surface area contributed by atoms with Crippen LogP contribution in [-0.4, -0.2) is 32.4 Å². The number of aryl methyl sites for hydroxylation is 1. The number of rotatable bonds is 5. The van der Waals surface area contributed by atoms with Crippen molar-refractivity contribution >= 4 is 11.7 Å². The van der Waals surface area contributed by atoms with E-state index < -0.39 is 6.10 Å². The van der Waals surface area contributed by atoms with Gasteiger partial charge in [-0.25, -0.2) is 9.78 Å². The highest BCUT2D eigenvalue weighted by Gasteiger charge is 2.10. The summed E-state index contributed by atoms with van der Waals surface area (Å²) in [5.74, 6) is 0.589. The van der Waals surface area contributed by atoms with Gasteiger partial charge in [-0.05, 0) is 17.7 Å². The Morgan fingerprint density at radius 2 is 2.00 bits per heavy atom. The van der Waals surface area contributed by atoms with Crippen LogP contribution in [0.3, 0.4) is 0 Å². The molecule has 1 aromatic heterocycles. The van der Waals surface area contributed by atoms with Gasteiger partial charge in [-0.2, -0.15) is 5.10 Å². The van der Waals surface area contributed by atoms with Crippen LogP contribution < -0.4 is 10.6 Å². The molecule has 3 N–H and O–H groups in total. The number of amides is 2. The van der Waals surface area contributed by atoms with E-state index in [2.05, 4.69) is 20.7 Å². The molecule has 25 heavy (non-hydrogen) atoms. The summed E-state index contributed by atoms with van der Waals surface area (Å²) in [7, 11) is 1.80. The van der Waals surface area contributed by atoms with Crippen LogP contribution >= 0.6 is 0 Å². The fourth-order valence-corrected chi connectivity index (χ4v) is 2.37. The van der Waals surface area contributed by atoms with Crippen molar-refractivity contribution in [1.82, 2.24) is 20.1 Å². The molecule has 128 valence electrons. The Kier molecular flexibility index (Phi) is 5.06. The van der Waals surface area contributed by atoms with Gasteiger partial charge in [-0.1, -0.05) is 42.5 Å². The van der Waals surface area contributed by atoms with Gasteiger partial charge >= 0.3 is 6.03 Å². The smallest absolute Gasteiger partial charge is 0.319 e. The Hall–Kier alpha value is -3.19. The summed E-state index contributed by atoms with van der Waals surface area (Å²) in [6, 6.07) is 16.1. The molecule has 7 heteroatoms. The van der Waals surface area contributed by atoms with Gasteiger partial charge < -0.3 is 15.7 Å². The molecule has 7 nitrogen and oxygen atoms in total. The van der Waals surface area contributed by atoms with Crippen LogP contribution in [0.5, 0.6) is 0 Å². The Bertz CT molecular complexity index is 847. The number of hydrogen-bond donors (Lipinski definition) is 3. The van der Waals surface area contributed by atoms with Crippen LogP contribution in [-0.2, 0) is 7.05 Å². The quantitative estimate of drug-likeness (QED) is 0.666. The second kappa shape index (κ2) is 7.59. The zero-order valence-corrected chi connectivity index (χ0v) is 13.8. The number of aliphatic hydroxyl groups is 1. The van der Waals surface area contributed by atoms with Gasteiger partial charge in [0.05, 0.1) is 6.10 Å². The highest BCUT2D eigenvalue weighted by Crippen LogP contribution is 2.19. The predicted octanol–water partition coefficient (Wildman–Crippen LogP) is 2.34. The number of carbonyl (C=O) groups is 1. The number of carbonyl (C=O) groups excluding carboxylic acids is 1. The third-order valence-electron chi connectivity index (χ3n) is 3.62. The van der Waals surface area contributed by atoms with Crippen LogP contribution in [0.4, 0.5) is 10.5 Å². The number of urea groups is 1. The molecular weight excluding hydrogens is 318 g/mol. The normalized spacial score (nSPS) is 11.8. The molecule has 0 aliphatic rings. The highest BCUT2D eigenvalue weighted by molar-refractivity contribution is 5.89. The second-order valence-corrected chi connectivity index (χ2v) is 5.58. The maximum absolute atomic E-state index is 12.0. The van der Waals surface area contributed by atoms with Gasteiger partial charge in [0.25, 0.3) is 0 Å². The minimum Gasteiger partial charge on any atom is -0.387 e. The van der Waals surface area contributed by atoms with E-state index in [1.807, 2.05) is 42.5 Å². The Labute approximate surface area is 145 Å². The molecule has 3 rings (SSSR count). The lowest BCUT2D eigenvalue weighted by atomic mass is 10.1. The number of hydrogen-bond acceptors (Lipinski definition) is 4. The van der Waals surface area contributed by atoms with Crippen molar-refractivity contribution in [1.29, 1.82) is 0 Å². The minimum atomic E-state index is -0.754. The summed E-state index contributed by atoms with van der Waals surface area (Å²) in [4.78, 5) is 16.2. The largest absolute Gasteiger partial charge is 0.387 e. The Balaban J connectivity index is 1.58. The molecule has 0 saturated carbocycles. The van der Waals surface area contributed by atoms with Crippen molar-refractivity contribution in [2.24, 2.45) is 7.05 Å². The molecule has 1 heterocycles. The minimum absolute atomic E-state index is 0.122. The van der Waals surface area contributed by atoms with Crippen LogP contribution in [0.2, 0.25) is 0 Å². The summed E-state index contributed by atoms with van der Waals surface area (Å²) in [6.45, 7) is 0.122. The van der Waals surface area contributed by atoms with Crippen molar-refractivity contribution < 1.29 is 9.90 Å². The molecule has 3 aromatic rings. The van der Waals surface area contributed by atoms with E-state index in [4.69, 9.17) is 0 Å². The van der Waals surface area contributed by atoms with Gasteiger partial charge in [0.1, 0.15) is 6.33 Å². The fraction of sp³-hybridized carbons (Fsp3) is 0.167. The number of nitrogens with one attached hydrogen (secondary N) is 2. The molecule has 0 aliphatic carbocycles. The lowest BCUT2D eigenvalue weighted by Crippen LogP contribution is -2.32. The molecule has 0 fully saturated rings. The van der Waals surface area contributed by atoms with E-state index in [9.17, 15) is 9.90 Å². The van der Waals surface area contributed by atoms with Crippen molar-refractivity contribution in [2.75, 3.05) is 11.9 Å². The van der Waals surface area contributed by atoms with Gasteiger partial charge in [-0.15, -0.1) is 0 Å². The number of anilines is 1. The van der Waals surface area contributed by atoms with Gasteiger partial charge in [0, 0.05) is 24.8 Å². The van der Waals surface area contributed by atoms with Crippen molar-refractivity contribution in [3.63, 3.8) is 0 Å². The summed E-state index contributed by atoms with van der Waals surface area (Å²) in [6.07, 6.45) is 0.864. The maximum Gasteiger partial charge on any atom is 0.319 e. The summed E-state index contributed by atoms with van der Waals surface area (Å²) in [5, 5.41) is 19.7. The monoisotopic (exact) mass is 337 g/mol. The van der Waals surface area contributed by atoms with E-state index in [0.717, 1.165) is 11.1 Å². The molecule has 0 saturated heterocycles. The molecule has 1 atom stereocenters. The Morgan fingerprint density at radius 3 is 2.72 bits per heavy atom. The zero-order chi connectivity index (χ0) is 17.6. The third kappa shape index (κ3) is 4.42. The first-order chi connectivity index (χ1) is 12.1. The molecule has 2 aromatic carbocycles. The van der Waals surface area contributed by atoms with Crippen LogP contribution in [0.1, 0.15) is 11.7 Å². The average Bonchev–Trinajstić information content (AvgIpc) is 3.07. The van der Waals surface area contributed by atoms with Crippen molar-refractivity contribution in [3.05, 3.63) is 66.5 Å². The number of aromatic nitrogens is 3. The van der Waals surface area contributed by atoms with E-state index in [1.54, 1.807) is 30.2 Å². The molecule has 1 unspecified atom stereocenters. The lowest BCUT2D eigenvalue weighted by molar-refractivity contribution is 0.175. The Morgan fingerprint density at radius 1 is 1.20 bits per heavy atom. The van der Waals surface area contributed by atoms with Gasteiger partial charge in [0.15, 0.2) is 5.82 Å². The van der Waals surface area contributed by atoms with Crippen LogP contribution in [0.25, 0.3) is 11.4 Å². The number of nitrogens with zero attached hydrogens (tertiary/aromatic N) is 3. The van der Waals surface area contributed by atoms with Crippen molar-refractivity contribution in [2.45, 2.75) is 6.10 Å². The maximum atomic E-state index is 12.0. The SMILES string of the molecule is Cn1cnc(-c2cccc(NC(=O)NCC(O)c3ccccc3)c2)n1. The van der Waals surface area contributed by atoms with E-state index in [0.29, 0.717) is 11.5 Å². The first-order valence-electron chi connectivity index (χ1n) is 7.86. The molecule has 2 amide bonds. The molecule has 0 spiro atoms. The summed E-state index contributed by atoms with van der Waals surface area (Å²) in [5.41, 5.74) is 2.19. The third-order valence-corrected chi connectivity index (χ3v) is 3.62. The van der Waals surface area contributed by atoms with Gasteiger partial charge in [0.2, 0.25) is 0 Å². The summed E-state index contributed by atoms with van der Waals surface area (Å²) >= 11 is 0. The zero-order valence-electron chi connectivity index (χ0n) is 13.8. The molecule has 0 bridgehead atoms. The van der Waals surface area contributed by atoms with Crippen molar-refractivity contribution in [3.8, 4) is 11.4 Å². The fourth-order valence-electron chi connectivity index (χ4n) is 2.37. The van der Waals surface area contributed by atoms with Crippen LogP contribution in [0, 0.1) is 0 Å². The molecule has 0 radical (unpaired) electrons. The van der Waals surface area contributed by atoms with Gasteiger partial charge in [-0.3, -0.25) is 4.68 Å². The molecule has 0 aliphatic heterocycles. The van der Waals surface area contributed by atoms with Crippen LogP contribution in [0.15, 0.2) is 60.9 Å². The standard InChI is InChI=1S/C18H19N5O2/c1-23-12-20-17(22-23)14-8-5-9-15(10-14)21-18(25)19-11-16(24)13-6-3-2-4-7-13/h2-10,12,16,24H,11H2,1H3,(H2,19,21,25). The number of benzene rings is 2. The topological polar surface area (TPSA) is 92.1 Å². The lowest BCUT2D eigenvalue weighted by Gasteiger charge is -2.13.